The lowest BCUT2D eigenvalue weighted by atomic mass is 10.0. The molecule has 0 amide bonds. The molecule has 0 unspecified atom stereocenters. The summed E-state index contributed by atoms with van der Waals surface area (Å²) < 4.78 is 5.07. The van der Waals surface area contributed by atoms with E-state index < -0.39 is 0 Å². The van der Waals surface area contributed by atoms with Crippen LogP contribution < -0.4 is 10.5 Å². The van der Waals surface area contributed by atoms with Crippen molar-refractivity contribution in [3.63, 3.8) is 0 Å². The molecule has 86 valence electrons. The van der Waals surface area contributed by atoms with Crippen LogP contribution in [0.4, 0.5) is 5.69 Å². The van der Waals surface area contributed by atoms with Crippen molar-refractivity contribution in [2.75, 3.05) is 12.8 Å². The summed E-state index contributed by atoms with van der Waals surface area (Å²) in [4.78, 5) is 11.9. The summed E-state index contributed by atoms with van der Waals surface area (Å²) in [7, 11) is 1.53. The number of nitrogens with two attached hydrogens (primary N) is 1. The van der Waals surface area contributed by atoms with Gasteiger partial charge in [-0.05, 0) is 18.6 Å². The number of ether oxygens (including phenoxy) is 1. The summed E-state index contributed by atoms with van der Waals surface area (Å²) in [5, 5.41) is 0. The number of hydrogen-bond donors (Lipinski definition) is 1. The van der Waals surface area contributed by atoms with Crippen LogP contribution in [-0.4, -0.2) is 12.9 Å². The lowest BCUT2D eigenvalue weighted by molar-refractivity contribution is 0.0993. The molecule has 0 radical (unpaired) electrons. The molecule has 0 aliphatic rings. The fraction of sp³-hybridized carbons (Fsp3) is 0.308. The number of benzene rings is 1. The van der Waals surface area contributed by atoms with Crippen LogP contribution >= 0.6 is 0 Å². The topological polar surface area (TPSA) is 52.3 Å². The van der Waals surface area contributed by atoms with Gasteiger partial charge in [-0.3, -0.25) is 4.79 Å². The van der Waals surface area contributed by atoms with Crippen LogP contribution in [0, 0.1) is 0 Å². The maximum atomic E-state index is 11.9. The van der Waals surface area contributed by atoms with Crippen molar-refractivity contribution in [1.82, 2.24) is 0 Å². The van der Waals surface area contributed by atoms with Crippen LogP contribution in [0.5, 0.6) is 5.75 Å². The van der Waals surface area contributed by atoms with E-state index in [0.717, 1.165) is 12.0 Å². The molecule has 0 aliphatic heterocycles. The van der Waals surface area contributed by atoms with Crippen LogP contribution in [0.3, 0.4) is 0 Å². The molecule has 2 N–H and O–H groups in total. The highest BCUT2D eigenvalue weighted by molar-refractivity contribution is 6.02. The molecular weight excluding hydrogens is 202 g/mol. The number of para-hydroxylation sites is 1. The maximum absolute atomic E-state index is 11.9. The van der Waals surface area contributed by atoms with Gasteiger partial charge < -0.3 is 10.5 Å². The number of hydrogen-bond acceptors (Lipinski definition) is 3. The second-order valence-electron chi connectivity index (χ2n) is 3.63. The van der Waals surface area contributed by atoms with Crippen molar-refractivity contribution >= 4 is 11.5 Å². The molecule has 0 bridgehead atoms. The van der Waals surface area contributed by atoms with Gasteiger partial charge in [0.25, 0.3) is 0 Å². The van der Waals surface area contributed by atoms with E-state index in [2.05, 4.69) is 6.58 Å². The predicted octanol–water partition coefficient (Wildman–Crippen LogP) is 2.82. The Kier molecular flexibility index (Phi) is 4.11. The molecule has 0 saturated carbocycles. The zero-order valence-corrected chi connectivity index (χ0v) is 9.75. The summed E-state index contributed by atoms with van der Waals surface area (Å²) in [6.07, 6.45) is 1.14. The van der Waals surface area contributed by atoms with E-state index in [4.69, 9.17) is 10.5 Å². The number of anilines is 1. The Morgan fingerprint density at radius 2 is 2.19 bits per heavy atom. The van der Waals surface area contributed by atoms with E-state index in [0.29, 0.717) is 23.4 Å². The van der Waals surface area contributed by atoms with Crippen molar-refractivity contribution in [1.29, 1.82) is 0 Å². The minimum Gasteiger partial charge on any atom is -0.495 e. The van der Waals surface area contributed by atoms with Crippen molar-refractivity contribution in [2.24, 2.45) is 0 Å². The highest BCUT2D eigenvalue weighted by Crippen LogP contribution is 2.26. The number of Topliss-reactive ketones (excluding diaryl/α,β-unsaturated/α-hetero) is 1. The summed E-state index contributed by atoms with van der Waals surface area (Å²) in [6, 6.07) is 5.21. The number of nitrogen functional groups attached to an aromatic ring is 1. The predicted molar refractivity (Wildman–Crippen MR) is 65.8 cm³/mol. The first-order valence-electron chi connectivity index (χ1n) is 5.22. The van der Waals surface area contributed by atoms with Gasteiger partial charge in [0.1, 0.15) is 5.75 Å². The molecule has 0 aromatic heterocycles. The zero-order valence-electron chi connectivity index (χ0n) is 9.75. The third kappa shape index (κ3) is 2.63. The van der Waals surface area contributed by atoms with Crippen molar-refractivity contribution in [3.05, 3.63) is 35.9 Å². The Balaban J connectivity index is 2.96. The molecule has 16 heavy (non-hydrogen) atoms. The Morgan fingerprint density at radius 3 is 2.75 bits per heavy atom. The third-order valence-corrected chi connectivity index (χ3v) is 2.50. The Hall–Kier alpha value is -1.77. The van der Waals surface area contributed by atoms with Gasteiger partial charge in [0.2, 0.25) is 0 Å². The highest BCUT2D eigenvalue weighted by Gasteiger charge is 2.13. The van der Waals surface area contributed by atoms with Gasteiger partial charge >= 0.3 is 0 Å². The number of rotatable bonds is 5. The normalized spacial score (nSPS) is 9.88. The summed E-state index contributed by atoms with van der Waals surface area (Å²) in [5.41, 5.74) is 7.66. The Morgan fingerprint density at radius 1 is 1.50 bits per heavy atom. The van der Waals surface area contributed by atoms with E-state index in [9.17, 15) is 4.79 Å². The van der Waals surface area contributed by atoms with Gasteiger partial charge in [-0.25, -0.2) is 0 Å². The van der Waals surface area contributed by atoms with Gasteiger partial charge in [-0.15, -0.1) is 0 Å². The monoisotopic (exact) mass is 219 g/mol. The molecule has 1 rings (SSSR count). The fourth-order valence-corrected chi connectivity index (χ4v) is 1.41. The van der Waals surface area contributed by atoms with Crippen LogP contribution in [0.1, 0.15) is 30.1 Å². The van der Waals surface area contributed by atoms with Crippen LogP contribution in [-0.2, 0) is 0 Å². The molecule has 0 spiro atoms. The lowest BCUT2D eigenvalue weighted by Crippen LogP contribution is -2.05. The van der Waals surface area contributed by atoms with E-state index in [1.54, 1.807) is 18.2 Å². The molecule has 1 aromatic rings. The Bertz CT molecular complexity index is 410. The second kappa shape index (κ2) is 5.35. The largest absolute Gasteiger partial charge is 0.495 e. The molecule has 3 heteroatoms. The van der Waals surface area contributed by atoms with Gasteiger partial charge in [0, 0.05) is 12.0 Å². The maximum Gasteiger partial charge on any atom is 0.169 e. The average molecular weight is 219 g/mol. The SMILES string of the molecule is C=C(CC)CC(=O)c1cccc(OC)c1N. The van der Waals surface area contributed by atoms with Gasteiger partial charge in [-0.2, -0.15) is 0 Å². The summed E-state index contributed by atoms with van der Waals surface area (Å²) in [6.45, 7) is 5.79. The van der Waals surface area contributed by atoms with E-state index in [-0.39, 0.29) is 5.78 Å². The van der Waals surface area contributed by atoms with Crippen molar-refractivity contribution in [3.8, 4) is 5.75 Å². The molecule has 1 aromatic carbocycles. The summed E-state index contributed by atoms with van der Waals surface area (Å²) >= 11 is 0. The first-order chi connectivity index (χ1) is 7.60. The van der Waals surface area contributed by atoms with Crippen molar-refractivity contribution < 1.29 is 9.53 Å². The van der Waals surface area contributed by atoms with Crippen LogP contribution in [0.15, 0.2) is 30.4 Å². The molecule has 0 fully saturated rings. The first-order valence-corrected chi connectivity index (χ1v) is 5.22. The van der Waals surface area contributed by atoms with Crippen LogP contribution in [0.25, 0.3) is 0 Å². The lowest BCUT2D eigenvalue weighted by Gasteiger charge is -2.09. The molecule has 0 saturated heterocycles. The third-order valence-electron chi connectivity index (χ3n) is 2.50. The Labute approximate surface area is 95.9 Å². The minimum atomic E-state index is -0.0109. The number of carbonyl (C=O) groups is 1. The molecule has 0 atom stereocenters. The molecule has 0 heterocycles. The average Bonchev–Trinajstić information content (AvgIpc) is 2.29. The molecule has 0 aliphatic carbocycles. The van der Waals surface area contributed by atoms with Gasteiger partial charge in [0.05, 0.1) is 12.8 Å². The van der Waals surface area contributed by atoms with E-state index >= 15 is 0 Å². The zero-order chi connectivity index (χ0) is 12.1. The van der Waals surface area contributed by atoms with Crippen molar-refractivity contribution in [2.45, 2.75) is 19.8 Å². The quantitative estimate of drug-likeness (QED) is 0.470. The minimum absolute atomic E-state index is 0.0109. The molecular formula is C13H17NO2. The second-order valence-corrected chi connectivity index (χ2v) is 3.63. The van der Waals surface area contributed by atoms with Gasteiger partial charge in [0.15, 0.2) is 5.78 Å². The first kappa shape index (κ1) is 12.3. The van der Waals surface area contributed by atoms with E-state index in [1.165, 1.54) is 7.11 Å². The number of methoxy groups -OCH3 is 1. The number of carbonyl (C=O) groups excluding carboxylic acids is 1. The molecule has 3 nitrogen and oxygen atoms in total. The van der Waals surface area contributed by atoms with E-state index in [1.807, 2.05) is 6.92 Å². The number of allylic oxidation sites excluding steroid dienone is 1. The van der Waals surface area contributed by atoms with Gasteiger partial charge in [-0.1, -0.05) is 25.1 Å². The smallest absolute Gasteiger partial charge is 0.169 e. The fourth-order valence-electron chi connectivity index (χ4n) is 1.41. The van der Waals surface area contributed by atoms with Crippen LogP contribution in [0.2, 0.25) is 0 Å². The highest BCUT2D eigenvalue weighted by atomic mass is 16.5. The standard InChI is InChI=1S/C13H17NO2/c1-4-9(2)8-11(15)10-6-5-7-12(16-3)13(10)14/h5-7H,2,4,8,14H2,1,3H3. The summed E-state index contributed by atoms with van der Waals surface area (Å²) in [5.74, 6) is 0.524. The number of ketones is 1.